The van der Waals surface area contributed by atoms with Crippen LogP contribution in [0.5, 0.6) is 0 Å². The van der Waals surface area contributed by atoms with E-state index in [0.29, 0.717) is 6.54 Å². The lowest BCUT2D eigenvalue weighted by molar-refractivity contribution is -0.125. The van der Waals surface area contributed by atoms with Gasteiger partial charge in [-0.05, 0) is 54.1 Å². The van der Waals surface area contributed by atoms with Gasteiger partial charge in [0.25, 0.3) is 0 Å². The molecule has 4 heteroatoms. The summed E-state index contributed by atoms with van der Waals surface area (Å²) in [6, 6.07) is 8.17. The normalized spacial score (nSPS) is 11.0. The summed E-state index contributed by atoms with van der Waals surface area (Å²) in [5.41, 5.74) is 3.44. The maximum atomic E-state index is 12.2. The first kappa shape index (κ1) is 16.0. The Morgan fingerprint density at radius 2 is 2.10 bits per heavy atom. The van der Waals surface area contributed by atoms with Gasteiger partial charge >= 0.3 is 0 Å². The molecule has 1 aromatic heterocycles. The third-order valence-electron chi connectivity index (χ3n) is 3.29. The van der Waals surface area contributed by atoms with Gasteiger partial charge in [-0.2, -0.15) is 0 Å². The van der Waals surface area contributed by atoms with E-state index in [4.69, 9.17) is 0 Å². The number of benzene rings is 1. The third-order valence-corrected chi connectivity index (χ3v) is 4.98. The number of nitrogens with zero attached hydrogens (tertiary/aromatic N) is 1. The van der Waals surface area contributed by atoms with Crippen molar-refractivity contribution in [3.05, 3.63) is 61.8 Å². The molecule has 1 heterocycles. The summed E-state index contributed by atoms with van der Waals surface area (Å²) < 4.78 is 1.00. The van der Waals surface area contributed by atoms with E-state index >= 15 is 0 Å². The van der Waals surface area contributed by atoms with Crippen LogP contribution in [0.25, 0.3) is 6.08 Å². The zero-order valence-electron chi connectivity index (χ0n) is 12.4. The Hall–Kier alpha value is -1.39. The number of halogens is 1. The monoisotopic (exact) mass is 363 g/mol. The number of rotatable bonds is 4. The smallest absolute Gasteiger partial charge is 0.246 e. The zero-order chi connectivity index (χ0) is 15.4. The standard InChI is InChI=1S/C17H18BrNOS/c1-12-4-5-14(15(18)10-12)6-7-17(20)19(3)11-16-13(2)8-9-21-16/h4-10H,11H2,1-3H3/b7-6+. The van der Waals surface area contributed by atoms with Gasteiger partial charge in [0.1, 0.15) is 0 Å². The highest BCUT2D eigenvalue weighted by atomic mass is 79.9. The predicted octanol–water partition coefficient (Wildman–Crippen LogP) is 4.80. The van der Waals surface area contributed by atoms with Crippen LogP contribution in [0.2, 0.25) is 0 Å². The maximum Gasteiger partial charge on any atom is 0.246 e. The molecule has 2 nitrogen and oxygen atoms in total. The maximum absolute atomic E-state index is 12.2. The highest BCUT2D eigenvalue weighted by Gasteiger charge is 2.08. The predicted molar refractivity (Wildman–Crippen MR) is 93.4 cm³/mol. The summed E-state index contributed by atoms with van der Waals surface area (Å²) in [5, 5.41) is 2.06. The zero-order valence-corrected chi connectivity index (χ0v) is 14.8. The number of thiophene rings is 1. The molecule has 0 unspecified atom stereocenters. The van der Waals surface area contributed by atoms with Gasteiger partial charge in [0.05, 0.1) is 6.54 Å². The second-order valence-corrected chi connectivity index (χ2v) is 6.93. The van der Waals surface area contributed by atoms with Crippen LogP contribution in [0.15, 0.2) is 40.2 Å². The highest BCUT2D eigenvalue weighted by molar-refractivity contribution is 9.10. The van der Waals surface area contributed by atoms with E-state index in [1.807, 2.05) is 38.2 Å². The Kier molecular flexibility index (Phi) is 5.37. The van der Waals surface area contributed by atoms with Crippen LogP contribution in [-0.2, 0) is 11.3 Å². The highest BCUT2D eigenvalue weighted by Crippen LogP contribution is 2.20. The minimum atomic E-state index is 0.00951. The van der Waals surface area contributed by atoms with Gasteiger partial charge in [-0.15, -0.1) is 11.3 Å². The molecule has 0 saturated heterocycles. The summed E-state index contributed by atoms with van der Waals surface area (Å²) >= 11 is 5.21. The summed E-state index contributed by atoms with van der Waals surface area (Å²) in [7, 11) is 1.83. The lowest BCUT2D eigenvalue weighted by Crippen LogP contribution is -2.23. The Labute approximate surface area is 138 Å². The molecule has 2 rings (SSSR count). The molecule has 0 N–H and O–H groups in total. The minimum absolute atomic E-state index is 0.00951. The Bertz CT molecular complexity index is 675. The largest absolute Gasteiger partial charge is 0.337 e. The van der Waals surface area contributed by atoms with Gasteiger partial charge in [0.15, 0.2) is 0 Å². The molecule has 0 saturated carbocycles. The molecule has 1 aromatic carbocycles. The molecular formula is C17H18BrNOS. The molecule has 0 spiro atoms. The molecule has 0 aliphatic carbocycles. The van der Waals surface area contributed by atoms with Crippen molar-refractivity contribution in [2.45, 2.75) is 20.4 Å². The van der Waals surface area contributed by atoms with Crippen LogP contribution in [0.4, 0.5) is 0 Å². The Morgan fingerprint density at radius 1 is 1.33 bits per heavy atom. The fraction of sp³-hybridized carbons (Fsp3) is 0.235. The Morgan fingerprint density at radius 3 is 2.71 bits per heavy atom. The molecule has 0 atom stereocenters. The molecule has 0 aliphatic rings. The summed E-state index contributed by atoms with van der Waals surface area (Å²) in [6.45, 7) is 4.77. The van der Waals surface area contributed by atoms with E-state index in [1.165, 1.54) is 16.0 Å². The van der Waals surface area contributed by atoms with Crippen molar-refractivity contribution in [3.8, 4) is 0 Å². The molecule has 0 fully saturated rings. The molecule has 0 radical (unpaired) electrons. The fourth-order valence-corrected chi connectivity index (χ4v) is 3.50. The van der Waals surface area contributed by atoms with E-state index in [2.05, 4.69) is 34.3 Å². The minimum Gasteiger partial charge on any atom is -0.337 e. The number of likely N-dealkylation sites (N-methyl/N-ethyl adjacent to an activating group) is 1. The van der Waals surface area contributed by atoms with Crippen molar-refractivity contribution >= 4 is 39.2 Å². The summed E-state index contributed by atoms with van der Waals surface area (Å²) in [5.74, 6) is 0.00951. The van der Waals surface area contributed by atoms with Crippen molar-refractivity contribution in [3.63, 3.8) is 0 Å². The number of aryl methyl sites for hydroxylation is 2. The molecule has 2 aromatic rings. The summed E-state index contributed by atoms with van der Waals surface area (Å²) in [6.07, 6.45) is 3.47. The van der Waals surface area contributed by atoms with Crippen molar-refractivity contribution < 1.29 is 4.79 Å². The van der Waals surface area contributed by atoms with E-state index < -0.39 is 0 Å². The molecule has 0 aliphatic heterocycles. The van der Waals surface area contributed by atoms with E-state index in [1.54, 1.807) is 22.3 Å². The average Bonchev–Trinajstić information content (AvgIpc) is 2.83. The first-order valence-electron chi connectivity index (χ1n) is 6.69. The molecule has 110 valence electrons. The molecule has 0 bridgehead atoms. The van der Waals surface area contributed by atoms with E-state index in [-0.39, 0.29) is 5.91 Å². The Balaban J connectivity index is 2.03. The van der Waals surface area contributed by atoms with Crippen LogP contribution in [0.3, 0.4) is 0 Å². The van der Waals surface area contributed by atoms with E-state index in [0.717, 1.165) is 10.0 Å². The van der Waals surface area contributed by atoms with Gasteiger partial charge in [-0.3, -0.25) is 4.79 Å². The fourth-order valence-electron chi connectivity index (χ4n) is 1.92. The number of carbonyl (C=O) groups excluding carboxylic acids is 1. The molecular weight excluding hydrogens is 346 g/mol. The van der Waals surface area contributed by atoms with Gasteiger partial charge in [-0.1, -0.05) is 28.1 Å². The SMILES string of the molecule is Cc1ccc(/C=C/C(=O)N(C)Cc2sccc2C)c(Br)c1. The number of hydrogen-bond donors (Lipinski definition) is 0. The van der Waals surface area contributed by atoms with Crippen LogP contribution < -0.4 is 0 Å². The van der Waals surface area contributed by atoms with Crippen LogP contribution in [-0.4, -0.2) is 17.9 Å². The lowest BCUT2D eigenvalue weighted by Gasteiger charge is -2.14. The average molecular weight is 364 g/mol. The number of amides is 1. The van der Waals surface area contributed by atoms with Crippen LogP contribution in [0, 0.1) is 13.8 Å². The van der Waals surface area contributed by atoms with Crippen molar-refractivity contribution in [2.75, 3.05) is 7.05 Å². The first-order chi connectivity index (χ1) is 9.97. The first-order valence-corrected chi connectivity index (χ1v) is 8.37. The quantitative estimate of drug-likeness (QED) is 0.714. The number of hydrogen-bond acceptors (Lipinski definition) is 2. The van der Waals surface area contributed by atoms with Gasteiger partial charge in [-0.25, -0.2) is 0 Å². The third kappa shape index (κ3) is 4.29. The molecule has 1 amide bonds. The van der Waals surface area contributed by atoms with Gasteiger partial charge in [0.2, 0.25) is 5.91 Å². The van der Waals surface area contributed by atoms with Crippen LogP contribution in [0.1, 0.15) is 21.6 Å². The van der Waals surface area contributed by atoms with Crippen molar-refractivity contribution in [2.24, 2.45) is 0 Å². The second-order valence-electron chi connectivity index (χ2n) is 5.08. The van der Waals surface area contributed by atoms with Crippen LogP contribution >= 0.6 is 27.3 Å². The van der Waals surface area contributed by atoms with E-state index in [9.17, 15) is 4.79 Å². The van der Waals surface area contributed by atoms with Crippen molar-refractivity contribution in [1.82, 2.24) is 4.90 Å². The summed E-state index contributed by atoms with van der Waals surface area (Å²) in [4.78, 5) is 15.1. The second kappa shape index (κ2) is 7.05. The lowest BCUT2D eigenvalue weighted by atomic mass is 10.1. The van der Waals surface area contributed by atoms with Gasteiger partial charge in [0, 0.05) is 22.5 Å². The van der Waals surface area contributed by atoms with Crippen molar-refractivity contribution in [1.29, 1.82) is 0 Å². The molecule has 21 heavy (non-hydrogen) atoms. The number of carbonyl (C=O) groups is 1. The topological polar surface area (TPSA) is 20.3 Å². The van der Waals surface area contributed by atoms with Gasteiger partial charge < -0.3 is 4.90 Å².